The van der Waals surface area contributed by atoms with Crippen molar-refractivity contribution in [3.8, 4) is 0 Å². The third-order valence-electron chi connectivity index (χ3n) is 4.30. The minimum atomic E-state index is -4.50. The average molecular weight is 409 g/mol. The fraction of sp³-hybridized carbons (Fsp3) is 0.429. The summed E-state index contributed by atoms with van der Waals surface area (Å²) in [6.45, 7) is 5.51. The number of hydrogen-bond acceptors (Lipinski definition) is 4. The molecule has 0 saturated heterocycles. The molecule has 2 rings (SSSR count). The van der Waals surface area contributed by atoms with E-state index in [0.29, 0.717) is 11.3 Å². The van der Waals surface area contributed by atoms with Crippen molar-refractivity contribution in [2.24, 2.45) is 5.73 Å². The van der Waals surface area contributed by atoms with Gasteiger partial charge in [-0.25, -0.2) is 0 Å². The highest BCUT2D eigenvalue weighted by Gasteiger charge is 2.33. The number of nitrogens with zero attached hydrogens (tertiary/aromatic N) is 1. The number of aliphatic hydroxyl groups excluding tert-OH is 1. The number of aromatic nitrogens is 1. The van der Waals surface area contributed by atoms with Crippen LogP contribution in [0, 0.1) is 0 Å². The van der Waals surface area contributed by atoms with Gasteiger partial charge in [-0.15, -0.1) is 0 Å². The summed E-state index contributed by atoms with van der Waals surface area (Å²) in [7, 11) is 0. The van der Waals surface area contributed by atoms with Gasteiger partial charge in [0.05, 0.1) is 22.9 Å². The Morgan fingerprint density at radius 1 is 1.14 bits per heavy atom. The van der Waals surface area contributed by atoms with Crippen molar-refractivity contribution in [3.63, 3.8) is 0 Å². The number of rotatable bonds is 6. The van der Waals surface area contributed by atoms with E-state index in [0.717, 1.165) is 6.07 Å². The molecular formula is C21H26F3N3O2. The van der Waals surface area contributed by atoms with Crippen LogP contribution in [0.15, 0.2) is 42.6 Å². The summed E-state index contributed by atoms with van der Waals surface area (Å²) in [6.07, 6.45) is -4.40. The van der Waals surface area contributed by atoms with E-state index in [1.54, 1.807) is 12.1 Å². The SMILES string of the molecule is CC(C)(C)NC(=O)c1cccnc1CC(O)C(N)Cc1ccccc1C(F)(F)F. The zero-order chi connectivity index (χ0) is 21.8. The number of nitrogens with one attached hydrogen (secondary N) is 1. The van der Waals surface area contributed by atoms with Gasteiger partial charge in [-0.05, 0) is 51.0 Å². The summed E-state index contributed by atoms with van der Waals surface area (Å²) in [5.41, 5.74) is 5.40. The zero-order valence-electron chi connectivity index (χ0n) is 16.6. The maximum Gasteiger partial charge on any atom is 0.416 e. The van der Waals surface area contributed by atoms with Gasteiger partial charge < -0.3 is 16.2 Å². The lowest BCUT2D eigenvalue weighted by molar-refractivity contribution is -0.138. The van der Waals surface area contributed by atoms with Gasteiger partial charge in [0.25, 0.3) is 5.91 Å². The average Bonchev–Trinajstić information content (AvgIpc) is 2.60. The molecule has 2 atom stereocenters. The molecule has 2 unspecified atom stereocenters. The molecule has 0 saturated carbocycles. The van der Waals surface area contributed by atoms with E-state index in [-0.39, 0.29) is 24.3 Å². The Bertz CT molecular complexity index is 848. The van der Waals surface area contributed by atoms with Crippen molar-refractivity contribution in [1.29, 1.82) is 0 Å². The number of amides is 1. The van der Waals surface area contributed by atoms with Crippen LogP contribution in [-0.2, 0) is 19.0 Å². The molecule has 0 spiro atoms. The summed E-state index contributed by atoms with van der Waals surface area (Å²) in [6, 6.07) is 7.37. The standard InChI is InChI=1S/C21H26F3N3O2/c1-20(2,3)27-19(29)14-8-6-10-26-17(14)12-18(28)16(25)11-13-7-4-5-9-15(13)21(22,23)24/h4-10,16,18,28H,11-12,25H2,1-3H3,(H,27,29). The fourth-order valence-electron chi connectivity index (χ4n) is 2.93. The van der Waals surface area contributed by atoms with E-state index < -0.39 is 29.4 Å². The summed E-state index contributed by atoms with van der Waals surface area (Å²) in [5, 5.41) is 13.3. The lowest BCUT2D eigenvalue weighted by Gasteiger charge is -2.23. The topological polar surface area (TPSA) is 88.2 Å². The second-order valence-corrected chi connectivity index (χ2v) is 8.00. The maximum atomic E-state index is 13.2. The van der Waals surface area contributed by atoms with Gasteiger partial charge in [-0.1, -0.05) is 18.2 Å². The quantitative estimate of drug-likeness (QED) is 0.684. The molecule has 4 N–H and O–H groups in total. The highest BCUT2D eigenvalue weighted by atomic mass is 19.4. The Morgan fingerprint density at radius 2 is 1.79 bits per heavy atom. The van der Waals surface area contributed by atoms with Gasteiger partial charge in [-0.2, -0.15) is 13.2 Å². The van der Waals surface area contributed by atoms with Crippen molar-refractivity contribution < 1.29 is 23.1 Å². The number of pyridine rings is 1. The monoisotopic (exact) mass is 409 g/mol. The molecular weight excluding hydrogens is 383 g/mol. The lowest BCUT2D eigenvalue weighted by atomic mass is 9.94. The van der Waals surface area contributed by atoms with Crippen molar-refractivity contribution in [2.75, 3.05) is 0 Å². The zero-order valence-corrected chi connectivity index (χ0v) is 16.6. The summed E-state index contributed by atoms with van der Waals surface area (Å²) in [4.78, 5) is 16.6. The second kappa shape index (κ2) is 8.92. The Kier molecular flexibility index (Phi) is 7.02. The predicted octanol–water partition coefficient (Wildman–Crippen LogP) is 3.10. The number of hydrogen-bond donors (Lipinski definition) is 3. The normalized spacial score (nSPS) is 14.3. The van der Waals surface area contributed by atoms with Crippen LogP contribution in [0.5, 0.6) is 0 Å². The maximum absolute atomic E-state index is 13.2. The van der Waals surface area contributed by atoms with Crippen molar-refractivity contribution in [1.82, 2.24) is 10.3 Å². The molecule has 1 amide bonds. The number of benzene rings is 1. The third kappa shape index (κ3) is 6.54. The molecule has 1 aromatic carbocycles. The molecule has 1 heterocycles. The number of nitrogens with two attached hydrogens (primary N) is 1. The van der Waals surface area contributed by atoms with Crippen LogP contribution in [0.2, 0.25) is 0 Å². The molecule has 8 heteroatoms. The highest BCUT2D eigenvalue weighted by Crippen LogP contribution is 2.32. The van der Waals surface area contributed by atoms with Crippen LogP contribution in [0.4, 0.5) is 13.2 Å². The van der Waals surface area contributed by atoms with E-state index in [9.17, 15) is 23.1 Å². The van der Waals surface area contributed by atoms with Crippen LogP contribution in [0.25, 0.3) is 0 Å². The van der Waals surface area contributed by atoms with Gasteiger partial charge in [0.2, 0.25) is 0 Å². The van der Waals surface area contributed by atoms with Crippen LogP contribution >= 0.6 is 0 Å². The highest BCUT2D eigenvalue weighted by molar-refractivity contribution is 5.95. The molecule has 5 nitrogen and oxygen atoms in total. The summed E-state index contributed by atoms with van der Waals surface area (Å²) in [5.74, 6) is -0.344. The molecule has 0 bridgehead atoms. The van der Waals surface area contributed by atoms with E-state index in [1.165, 1.54) is 24.4 Å². The number of carbonyl (C=O) groups excluding carboxylic acids is 1. The number of halogens is 3. The number of aliphatic hydroxyl groups is 1. The summed E-state index contributed by atoms with van der Waals surface area (Å²) < 4.78 is 39.5. The van der Waals surface area contributed by atoms with E-state index in [4.69, 9.17) is 5.73 Å². The third-order valence-corrected chi connectivity index (χ3v) is 4.30. The van der Waals surface area contributed by atoms with Crippen LogP contribution in [-0.4, -0.2) is 33.7 Å². The first-order valence-corrected chi connectivity index (χ1v) is 9.23. The Labute approximate surface area is 168 Å². The number of carbonyl (C=O) groups is 1. The van der Waals surface area contributed by atoms with Crippen LogP contribution in [0.1, 0.15) is 48.0 Å². The van der Waals surface area contributed by atoms with Crippen LogP contribution < -0.4 is 11.1 Å². The first-order chi connectivity index (χ1) is 13.4. The molecule has 0 fully saturated rings. The second-order valence-electron chi connectivity index (χ2n) is 8.00. The largest absolute Gasteiger partial charge is 0.416 e. The van der Waals surface area contributed by atoms with Crippen LogP contribution in [0.3, 0.4) is 0 Å². The molecule has 158 valence electrons. The molecule has 1 aromatic heterocycles. The minimum absolute atomic E-state index is 0.0123. The Balaban J connectivity index is 2.16. The van der Waals surface area contributed by atoms with E-state index >= 15 is 0 Å². The Hall–Kier alpha value is -2.45. The smallest absolute Gasteiger partial charge is 0.391 e. The first-order valence-electron chi connectivity index (χ1n) is 9.23. The van der Waals surface area contributed by atoms with E-state index in [1.807, 2.05) is 20.8 Å². The number of alkyl halides is 3. The molecule has 0 radical (unpaired) electrons. The predicted molar refractivity (Wildman–Crippen MR) is 104 cm³/mol. The first kappa shape index (κ1) is 22.8. The van der Waals surface area contributed by atoms with Gasteiger partial charge in [0.15, 0.2) is 0 Å². The van der Waals surface area contributed by atoms with Crippen molar-refractivity contribution in [3.05, 3.63) is 65.0 Å². The lowest BCUT2D eigenvalue weighted by Crippen LogP contribution is -2.42. The summed E-state index contributed by atoms with van der Waals surface area (Å²) >= 11 is 0. The van der Waals surface area contributed by atoms with E-state index in [2.05, 4.69) is 10.3 Å². The molecule has 0 aliphatic heterocycles. The van der Waals surface area contributed by atoms with Gasteiger partial charge >= 0.3 is 6.18 Å². The molecule has 0 aliphatic rings. The Morgan fingerprint density at radius 3 is 2.41 bits per heavy atom. The van der Waals surface area contributed by atoms with Gasteiger partial charge in [0.1, 0.15) is 0 Å². The van der Waals surface area contributed by atoms with Gasteiger partial charge in [0, 0.05) is 24.2 Å². The molecule has 0 aliphatic carbocycles. The molecule has 2 aromatic rings. The fourth-order valence-corrected chi connectivity index (χ4v) is 2.93. The minimum Gasteiger partial charge on any atom is -0.391 e. The van der Waals surface area contributed by atoms with Crippen molar-refractivity contribution in [2.45, 2.75) is 57.5 Å². The van der Waals surface area contributed by atoms with Crippen molar-refractivity contribution >= 4 is 5.91 Å². The molecule has 29 heavy (non-hydrogen) atoms. The van der Waals surface area contributed by atoms with Gasteiger partial charge in [-0.3, -0.25) is 9.78 Å².